The van der Waals surface area contributed by atoms with E-state index in [0.29, 0.717) is 0 Å². The summed E-state index contributed by atoms with van der Waals surface area (Å²) in [4.78, 5) is 59.4. The number of hydrogen-bond acceptors (Lipinski definition) is 11. The SMILES string of the molecule is COC(=O)C(CCC(N)=O)NC(=O)C(C)NC(=O)C(C)OC1[C@H](O)C(CO)O[C@@H](O)[C@H]1NC(C)=O. The van der Waals surface area contributed by atoms with Gasteiger partial charge in [0.1, 0.15) is 42.5 Å². The largest absolute Gasteiger partial charge is 0.467 e. The average Bonchev–Trinajstić information content (AvgIpc) is 2.79. The number of aliphatic hydroxyl groups excluding tert-OH is 3. The van der Waals surface area contributed by atoms with Crippen LogP contribution in [0, 0.1) is 0 Å². The molecule has 0 saturated carbocycles. The molecule has 0 aliphatic carbocycles. The molecule has 5 unspecified atom stereocenters. The molecular weight excluding hydrogens is 472 g/mol. The quantitative estimate of drug-likeness (QED) is 0.125. The molecule has 200 valence electrons. The normalized spacial score (nSPS) is 26.5. The van der Waals surface area contributed by atoms with Gasteiger partial charge in [-0.2, -0.15) is 0 Å². The van der Waals surface area contributed by atoms with E-state index in [1.807, 2.05) is 0 Å². The maximum absolute atomic E-state index is 12.6. The van der Waals surface area contributed by atoms with Gasteiger partial charge in [-0.05, 0) is 20.3 Å². The first kappa shape index (κ1) is 30.2. The van der Waals surface area contributed by atoms with Gasteiger partial charge in [-0.1, -0.05) is 0 Å². The van der Waals surface area contributed by atoms with E-state index < -0.39 is 85.0 Å². The highest BCUT2D eigenvalue weighted by Crippen LogP contribution is 2.23. The molecule has 1 fully saturated rings. The molecule has 1 saturated heterocycles. The molecule has 1 aliphatic rings. The van der Waals surface area contributed by atoms with E-state index in [9.17, 15) is 39.3 Å². The summed E-state index contributed by atoms with van der Waals surface area (Å²) in [6.07, 6.45) is -7.32. The number of primary amides is 1. The Labute approximate surface area is 201 Å². The Morgan fingerprint density at radius 2 is 1.71 bits per heavy atom. The summed E-state index contributed by atoms with van der Waals surface area (Å²) in [7, 11) is 1.10. The highest BCUT2D eigenvalue weighted by molar-refractivity contribution is 5.91. The lowest BCUT2D eigenvalue weighted by molar-refractivity contribution is -0.266. The second-order valence-electron chi connectivity index (χ2n) is 8.03. The summed E-state index contributed by atoms with van der Waals surface area (Å²) >= 11 is 0. The second kappa shape index (κ2) is 13.9. The molecule has 1 heterocycles. The Morgan fingerprint density at radius 1 is 1.09 bits per heavy atom. The number of rotatable bonds is 12. The number of methoxy groups -OCH3 is 1. The maximum Gasteiger partial charge on any atom is 0.328 e. The van der Waals surface area contributed by atoms with E-state index in [4.69, 9.17) is 15.2 Å². The molecule has 1 rings (SSSR count). The Kier molecular flexibility index (Phi) is 12.0. The van der Waals surface area contributed by atoms with Gasteiger partial charge < -0.3 is 51.2 Å². The van der Waals surface area contributed by atoms with Crippen molar-refractivity contribution >= 4 is 29.6 Å². The molecule has 15 nitrogen and oxygen atoms in total. The van der Waals surface area contributed by atoms with Crippen LogP contribution in [0.1, 0.15) is 33.6 Å². The predicted octanol–water partition coefficient (Wildman–Crippen LogP) is -4.24. The molecule has 8 N–H and O–H groups in total. The van der Waals surface area contributed by atoms with E-state index in [1.54, 1.807) is 0 Å². The first-order chi connectivity index (χ1) is 16.3. The summed E-state index contributed by atoms with van der Waals surface area (Å²) in [6, 6.07) is -3.58. The molecule has 1 aliphatic heterocycles. The minimum atomic E-state index is -1.64. The summed E-state index contributed by atoms with van der Waals surface area (Å²) in [5.41, 5.74) is 5.07. The lowest BCUT2D eigenvalue weighted by Gasteiger charge is -2.43. The minimum absolute atomic E-state index is 0.103. The zero-order valence-corrected chi connectivity index (χ0v) is 19.9. The number of esters is 1. The standard InChI is InChI=1S/C20H34N4O11/c1-8(17(29)24-11(19(31)33-4)5-6-13(21)27)22-18(30)9(2)34-16-14(23-10(3)26)20(32)35-12(7-25)15(16)28/h8-9,11-12,14-16,20,25,28,32H,5-7H2,1-4H3,(H2,21,27)(H,22,30)(H,23,26)(H,24,29)/t8?,9?,11?,12?,14-,15+,16?,20+/m0/s1. The first-order valence-electron chi connectivity index (χ1n) is 10.8. The van der Waals surface area contributed by atoms with Crippen LogP contribution in [-0.2, 0) is 38.2 Å². The number of aliphatic hydroxyl groups is 3. The lowest BCUT2D eigenvalue weighted by atomic mass is 9.96. The number of carbonyl (C=O) groups is 5. The van der Waals surface area contributed by atoms with Gasteiger partial charge in [-0.25, -0.2) is 4.79 Å². The van der Waals surface area contributed by atoms with Crippen LogP contribution in [0.4, 0.5) is 0 Å². The van der Waals surface area contributed by atoms with Crippen molar-refractivity contribution in [2.24, 2.45) is 5.73 Å². The van der Waals surface area contributed by atoms with Crippen LogP contribution < -0.4 is 21.7 Å². The molecule has 4 amide bonds. The van der Waals surface area contributed by atoms with E-state index in [0.717, 1.165) is 14.0 Å². The van der Waals surface area contributed by atoms with Crippen LogP contribution in [0.2, 0.25) is 0 Å². The van der Waals surface area contributed by atoms with Gasteiger partial charge in [-0.3, -0.25) is 19.2 Å². The number of hydrogen-bond donors (Lipinski definition) is 7. The van der Waals surface area contributed by atoms with Crippen molar-refractivity contribution in [1.82, 2.24) is 16.0 Å². The molecule has 15 heteroatoms. The summed E-state index contributed by atoms with van der Waals surface area (Å²) in [5.74, 6) is -3.61. The van der Waals surface area contributed by atoms with Gasteiger partial charge in [0.25, 0.3) is 0 Å². The zero-order chi connectivity index (χ0) is 26.9. The molecule has 8 atom stereocenters. The molecular formula is C20H34N4O11. The fraction of sp³-hybridized carbons (Fsp3) is 0.750. The third kappa shape index (κ3) is 9.03. The van der Waals surface area contributed by atoms with Gasteiger partial charge in [0.05, 0.1) is 13.7 Å². The number of amides is 4. The second-order valence-corrected chi connectivity index (χ2v) is 8.03. The fourth-order valence-corrected chi connectivity index (χ4v) is 3.30. The topological polar surface area (TPSA) is 236 Å². The van der Waals surface area contributed by atoms with Gasteiger partial charge in [0, 0.05) is 13.3 Å². The Balaban J connectivity index is 2.82. The fourth-order valence-electron chi connectivity index (χ4n) is 3.30. The van der Waals surface area contributed by atoms with Crippen LogP contribution in [-0.4, -0.2) is 107 Å². The van der Waals surface area contributed by atoms with Crippen molar-refractivity contribution in [3.8, 4) is 0 Å². The van der Waals surface area contributed by atoms with Crippen molar-refractivity contribution in [3.05, 3.63) is 0 Å². The maximum atomic E-state index is 12.6. The van der Waals surface area contributed by atoms with E-state index in [2.05, 4.69) is 20.7 Å². The monoisotopic (exact) mass is 506 g/mol. The number of nitrogens with two attached hydrogens (primary N) is 1. The van der Waals surface area contributed by atoms with Crippen LogP contribution in [0.3, 0.4) is 0 Å². The highest BCUT2D eigenvalue weighted by atomic mass is 16.6. The van der Waals surface area contributed by atoms with Crippen molar-refractivity contribution in [3.63, 3.8) is 0 Å². The number of ether oxygens (including phenoxy) is 3. The van der Waals surface area contributed by atoms with Crippen LogP contribution in [0.15, 0.2) is 0 Å². The van der Waals surface area contributed by atoms with Crippen molar-refractivity contribution < 1.29 is 53.5 Å². The van der Waals surface area contributed by atoms with E-state index in [1.165, 1.54) is 13.8 Å². The van der Waals surface area contributed by atoms with Crippen LogP contribution in [0.5, 0.6) is 0 Å². The third-order valence-electron chi connectivity index (χ3n) is 5.21. The van der Waals surface area contributed by atoms with Gasteiger partial charge in [0.2, 0.25) is 23.6 Å². The molecule has 0 spiro atoms. The van der Waals surface area contributed by atoms with Gasteiger partial charge in [0.15, 0.2) is 6.29 Å². The van der Waals surface area contributed by atoms with Crippen LogP contribution >= 0.6 is 0 Å². The van der Waals surface area contributed by atoms with Gasteiger partial charge in [-0.15, -0.1) is 0 Å². The predicted molar refractivity (Wildman–Crippen MR) is 116 cm³/mol. The average molecular weight is 507 g/mol. The molecule has 0 aromatic rings. The van der Waals surface area contributed by atoms with Crippen molar-refractivity contribution in [2.75, 3.05) is 13.7 Å². The third-order valence-corrected chi connectivity index (χ3v) is 5.21. The minimum Gasteiger partial charge on any atom is -0.467 e. The molecule has 0 aromatic heterocycles. The Hall–Kier alpha value is -2.85. The molecule has 0 bridgehead atoms. The van der Waals surface area contributed by atoms with Crippen LogP contribution in [0.25, 0.3) is 0 Å². The first-order valence-corrected chi connectivity index (χ1v) is 10.8. The number of carbonyl (C=O) groups excluding carboxylic acids is 5. The lowest BCUT2D eigenvalue weighted by Crippen LogP contribution is -2.65. The Bertz CT molecular complexity index is 780. The zero-order valence-electron chi connectivity index (χ0n) is 19.9. The Morgan fingerprint density at radius 3 is 2.23 bits per heavy atom. The molecule has 0 radical (unpaired) electrons. The summed E-state index contributed by atoms with van der Waals surface area (Å²) in [6.45, 7) is 3.13. The molecule has 35 heavy (non-hydrogen) atoms. The van der Waals surface area contributed by atoms with Crippen molar-refractivity contribution in [1.29, 1.82) is 0 Å². The molecule has 0 aromatic carbocycles. The van der Waals surface area contributed by atoms with E-state index >= 15 is 0 Å². The van der Waals surface area contributed by atoms with Crippen molar-refractivity contribution in [2.45, 2.75) is 82.4 Å². The smallest absolute Gasteiger partial charge is 0.328 e. The number of nitrogens with one attached hydrogen (secondary N) is 3. The summed E-state index contributed by atoms with van der Waals surface area (Å²) < 4.78 is 15.2. The summed E-state index contributed by atoms with van der Waals surface area (Å²) in [5, 5.41) is 37.1. The highest BCUT2D eigenvalue weighted by Gasteiger charge is 2.47. The van der Waals surface area contributed by atoms with Gasteiger partial charge >= 0.3 is 5.97 Å². The van der Waals surface area contributed by atoms with E-state index in [-0.39, 0.29) is 12.8 Å².